The third kappa shape index (κ3) is 2.25. The van der Waals surface area contributed by atoms with Crippen LogP contribution in [0, 0.1) is 0 Å². The largest absolute Gasteiger partial charge is 0.496 e. The molecule has 0 unspecified atom stereocenters. The molecule has 0 spiro atoms. The molecule has 1 heterocycles. The maximum Gasteiger partial charge on any atom is 0.328 e. The highest BCUT2D eigenvalue weighted by atomic mass is 16.5. The zero-order chi connectivity index (χ0) is 13.1. The van der Waals surface area contributed by atoms with Crippen molar-refractivity contribution < 1.29 is 4.74 Å². The topological polar surface area (TPSA) is 62.2 Å². The molecule has 0 aliphatic carbocycles. The van der Waals surface area contributed by atoms with Gasteiger partial charge >= 0.3 is 5.69 Å². The number of rotatable bonds is 4. The molecule has 18 heavy (non-hydrogen) atoms. The molecule has 1 aromatic carbocycles. The summed E-state index contributed by atoms with van der Waals surface area (Å²) in [5.74, 6) is 0.700. The summed E-state index contributed by atoms with van der Waals surface area (Å²) in [5.41, 5.74) is 7.26. The van der Waals surface area contributed by atoms with Crippen LogP contribution in [0.15, 0.2) is 35.4 Å². The van der Waals surface area contributed by atoms with Gasteiger partial charge in [0.15, 0.2) is 0 Å². The minimum Gasteiger partial charge on any atom is -0.496 e. The minimum atomic E-state index is -0.0172. The normalized spacial score (nSPS) is 10.6. The average Bonchev–Trinajstić information content (AvgIpc) is 2.72. The second-order valence-corrected chi connectivity index (χ2v) is 4.07. The quantitative estimate of drug-likeness (QED) is 0.828. The van der Waals surface area contributed by atoms with Crippen LogP contribution in [0.5, 0.6) is 5.75 Å². The zero-order valence-electron chi connectivity index (χ0n) is 10.6. The Labute approximate surface area is 105 Å². The lowest BCUT2D eigenvalue weighted by atomic mass is 10.2. The highest BCUT2D eigenvalue weighted by molar-refractivity contribution is 5.48. The van der Waals surface area contributed by atoms with Gasteiger partial charge in [0.05, 0.1) is 13.7 Å². The third-order valence-corrected chi connectivity index (χ3v) is 2.91. The van der Waals surface area contributed by atoms with E-state index in [1.807, 2.05) is 13.0 Å². The van der Waals surface area contributed by atoms with Crippen molar-refractivity contribution in [3.63, 3.8) is 0 Å². The molecule has 0 saturated heterocycles. The van der Waals surface area contributed by atoms with Gasteiger partial charge in [0.25, 0.3) is 0 Å². The predicted molar refractivity (Wildman–Crippen MR) is 70.9 cm³/mol. The summed E-state index contributed by atoms with van der Waals surface area (Å²) in [6.45, 7) is 3.09. The second kappa shape index (κ2) is 5.00. The summed E-state index contributed by atoms with van der Waals surface area (Å²) in [5, 5.41) is 0. The van der Waals surface area contributed by atoms with Crippen LogP contribution in [0.4, 0.5) is 5.69 Å². The van der Waals surface area contributed by atoms with Crippen LogP contribution < -0.4 is 16.2 Å². The first-order valence-electron chi connectivity index (χ1n) is 5.83. The molecule has 2 N–H and O–H groups in total. The molecule has 0 fully saturated rings. The molecular weight excluding hydrogens is 230 g/mol. The highest BCUT2D eigenvalue weighted by Crippen LogP contribution is 2.21. The molecule has 2 aromatic rings. The van der Waals surface area contributed by atoms with Crippen molar-refractivity contribution in [2.45, 2.75) is 20.0 Å². The van der Waals surface area contributed by atoms with E-state index in [0.29, 0.717) is 24.5 Å². The molecule has 2 rings (SSSR count). The fourth-order valence-electron chi connectivity index (χ4n) is 1.89. The van der Waals surface area contributed by atoms with Gasteiger partial charge in [0.1, 0.15) is 5.75 Å². The standard InChI is InChI=1S/C13H17N3O2/c1-3-15-6-7-16(13(15)17)9-10-4-5-11(14)8-12(10)18-2/h4-8H,3,9,14H2,1-2H3. The smallest absolute Gasteiger partial charge is 0.328 e. The second-order valence-electron chi connectivity index (χ2n) is 4.07. The van der Waals surface area contributed by atoms with Gasteiger partial charge in [0.2, 0.25) is 0 Å². The molecule has 0 aliphatic heterocycles. The molecule has 1 aromatic heterocycles. The summed E-state index contributed by atoms with van der Waals surface area (Å²) in [6, 6.07) is 5.45. The first-order valence-corrected chi connectivity index (χ1v) is 5.83. The van der Waals surface area contributed by atoms with Gasteiger partial charge in [-0.15, -0.1) is 0 Å². The number of hydrogen-bond donors (Lipinski definition) is 1. The fourth-order valence-corrected chi connectivity index (χ4v) is 1.89. The monoisotopic (exact) mass is 247 g/mol. The molecule has 0 radical (unpaired) electrons. The first kappa shape index (κ1) is 12.3. The van der Waals surface area contributed by atoms with Gasteiger partial charge in [0, 0.05) is 36.3 Å². The summed E-state index contributed by atoms with van der Waals surface area (Å²) in [4.78, 5) is 11.9. The van der Waals surface area contributed by atoms with E-state index in [-0.39, 0.29) is 5.69 Å². The van der Waals surface area contributed by atoms with E-state index >= 15 is 0 Å². The molecule has 0 amide bonds. The van der Waals surface area contributed by atoms with Gasteiger partial charge in [-0.2, -0.15) is 0 Å². The number of nitrogens with zero attached hydrogens (tertiary/aromatic N) is 2. The van der Waals surface area contributed by atoms with E-state index in [4.69, 9.17) is 10.5 Å². The first-order chi connectivity index (χ1) is 8.65. The van der Waals surface area contributed by atoms with Gasteiger partial charge < -0.3 is 10.5 Å². The van der Waals surface area contributed by atoms with Crippen LogP contribution in [0.2, 0.25) is 0 Å². The number of anilines is 1. The van der Waals surface area contributed by atoms with Crippen LogP contribution in [0.1, 0.15) is 12.5 Å². The van der Waals surface area contributed by atoms with Crippen molar-refractivity contribution in [1.29, 1.82) is 0 Å². The fraction of sp³-hybridized carbons (Fsp3) is 0.308. The Morgan fingerprint density at radius 2 is 2.00 bits per heavy atom. The Balaban J connectivity index is 2.34. The number of methoxy groups -OCH3 is 1. The van der Waals surface area contributed by atoms with Gasteiger partial charge in [-0.3, -0.25) is 9.13 Å². The van der Waals surface area contributed by atoms with E-state index in [2.05, 4.69) is 0 Å². The van der Waals surface area contributed by atoms with Gasteiger partial charge in [-0.05, 0) is 13.0 Å². The molecule has 96 valence electrons. The Kier molecular flexibility index (Phi) is 3.41. The van der Waals surface area contributed by atoms with Gasteiger partial charge in [-0.25, -0.2) is 4.79 Å². The van der Waals surface area contributed by atoms with Crippen molar-refractivity contribution in [3.05, 3.63) is 46.6 Å². The van der Waals surface area contributed by atoms with Crippen molar-refractivity contribution in [3.8, 4) is 5.75 Å². The highest BCUT2D eigenvalue weighted by Gasteiger charge is 2.07. The maximum atomic E-state index is 11.9. The van der Waals surface area contributed by atoms with Crippen LogP contribution >= 0.6 is 0 Å². The molecule has 0 bridgehead atoms. The number of ether oxygens (including phenoxy) is 1. The molecule has 0 saturated carbocycles. The number of aromatic nitrogens is 2. The molecule has 5 heteroatoms. The van der Waals surface area contributed by atoms with Crippen LogP contribution in [0.3, 0.4) is 0 Å². The lowest BCUT2D eigenvalue weighted by Crippen LogP contribution is -2.23. The Morgan fingerprint density at radius 3 is 2.61 bits per heavy atom. The van der Waals surface area contributed by atoms with Crippen LogP contribution in [0.25, 0.3) is 0 Å². The number of nitrogen functional groups attached to an aromatic ring is 1. The third-order valence-electron chi connectivity index (χ3n) is 2.91. The maximum absolute atomic E-state index is 11.9. The van der Waals surface area contributed by atoms with Crippen molar-refractivity contribution >= 4 is 5.69 Å². The number of benzene rings is 1. The predicted octanol–water partition coefficient (Wildman–Crippen LogP) is 1.31. The van der Waals surface area contributed by atoms with Crippen LogP contribution in [-0.4, -0.2) is 16.2 Å². The van der Waals surface area contributed by atoms with Gasteiger partial charge in [-0.1, -0.05) is 6.07 Å². The zero-order valence-corrected chi connectivity index (χ0v) is 10.6. The number of hydrogen-bond acceptors (Lipinski definition) is 3. The molecule has 5 nitrogen and oxygen atoms in total. The Morgan fingerprint density at radius 1 is 1.28 bits per heavy atom. The van der Waals surface area contributed by atoms with E-state index in [1.165, 1.54) is 0 Å². The van der Waals surface area contributed by atoms with E-state index in [0.717, 1.165) is 5.56 Å². The Hall–Kier alpha value is -2.17. The summed E-state index contributed by atoms with van der Waals surface area (Å²) in [7, 11) is 1.60. The average molecular weight is 247 g/mol. The van der Waals surface area contributed by atoms with E-state index in [9.17, 15) is 4.79 Å². The molecule has 0 atom stereocenters. The summed E-state index contributed by atoms with van der Waals surface area (Å²) < 4.78 is 8.58. The van der Waals surface area contributed by atoms with E-state index < -0.39 is 0 Å². The Bertz CT molecular complexity index is 599. The SMILES string of the molecule is CCn1ccn(Cc2ccc(N)cc2OC)c1=O. The summed E-state index contributed by atoms with van der Waals surface area (Å²) >= 11 is 0. The number of nitrogens with two attached hydrogens (primary N) is 1. The molecular formula is C13H17N3O2. The lowest BCUT2D eigenvalue weighted by molar-refractivity contribution is 0.408. The van der Waals surface area contributed by atoms with E-state index in [1.54, 1.807) is 40.8 Å². The number of aryl methyl sites for hydroxylation is 1. The van der Waals surface area contributed by atoms with Crippen molar-refractivity contribution in [2.24, 2.45) is 0 Å². The minimum absolute atomic E-state index is 0.0172. The van der Waals surface area contributed by atoms with Crippen LogP contribution in [-0.2, 0) is 13.1 Å². The number of imidazole rings is 1. The van der Waals surface area contributed by atoms with Crippen molar-refractivity contribution in [2.75, 3.05) is 12.8 Å². The lowest BCUT2D eigenvalue weighted by Gasteiger charge is -2.09. The summed E-state index contributed by atoms with van der Waals surface area (Å²) in [6.07, 6.45) is 3.56. The van der Waals surface area contributed by atoms with Crippen molar-refractivity contribution in [1.82, 2.24) is 9.13 Å². The molecule has 0 aliphatic rings.